The lowest BCUT2D eigenvalue weighted by molar-refractivity contribution is 0.535. The first-order valence-electron chi connectivity index (χ1n) is 9.42. The molecule has 5 rings (SSSR count). The molecule has 2 N–H and O–H groups in total. The van der Waals surface area contributed by atoms with Crippen LogP contribution in [0, 0.1) is 11.6 Å². The summed E-state index contributed by atoms with van der Waals surface area (Å²) in [5, 5.41) is 6.68. The molecule has 158 valence electrons. The number of fused-ring (bicyclic) bond motifs is 1. The number of anilines is 1. The van der Waals surface area contributed by atoms with E-state index in [9.17, 15) is 13.0 Å². The molecule has 1 atom stereocenters. The van der Waals surface area contributed by atoms with Crippen molar-refractivity contribution in [3.05, 3.63) is 85.1 Å². The van der Waals surface area contributed by atoms with E-state index in [1.165, 1.54) is 12.3 Å². The summed E-state index contributed by atoms with van der Waals surface area (Å²) in [5.74, 6) is -1.78. The molecule has 5 aromatic rings. The first-order chi connectivity index (χ1) is 15.6. The Hall–Kier alpha value is -4.05. The minimum Gasteiger partial charge on any atom is -0.299 e. The third kappa shape index (κ3) is 3.83. The van der Waals surface area contributed by atoms with E-state index in [1.54, 1.807) is 30.9 Å². The number of aromatic amines is 1. The molecular weight excluding hydrogens is 434 g/mol. The molecule has 0 aliphatic rings. The predicted molar refractivity (Wildman–Crippen MR) is 117 cm³/mol. The number of hydrogen-bond donors (Lipinski definition) is 2. The van der Waals surface area contributed by atoms with Crippen molar-refractivity contribution in [1.82, 2.24) is 25.1 Å². The molecule has 0 bridgehead atoms. The van der Waals surface area contributed by atoms with E-state index in [1.807, 2.05) is 18.2 Å². The molecule has 0 aliphatic heterocycles. The zero-order chi connectivity index (χ0) is 22.1. The quantitative estimate of drug-likeness (QED) is 0.413. The summed E-state index contributed by atoms with van der Waals surface area (Å²) in [4.78, 5) is 12.7. The number of hydrogen-bond acceptors (Lipinski definition) is 5. The normalized spacial score (nSPS) is 12.1. The number of pyridine rings is 1. The lowest BCUT2D eigenvalue weighted by Gasteiger charge is -2.09. The van der Waals surface area contributed by atoms with Crippen LogP contribution >= 0.6 is 0 Å². The average molecular weight is 448 g/mol. The maximum absolute atomic E-state index is 13.9. The largest absolute Gasteiger partial charge is 0.299 e. The van der Waals surface area contributed by atoms with Crippen LogP contribution in [0.15, 0.2) is 78.3 Å². The molecule has 0 radical (unpaired) electrons. The smallest absolute Gasteiger partial charge is 0.156 e. The zero-order valence-corrected chi connectivity index (χ0v) is 17.1. The molecular formula is C22H14F2N6OS. The number of H-pyrrole nitrogens is 1. The predicted octanol–water partition coefficient (Wildman–Crippen LogP) is 4.49. The molecule has 0 aliphatic carbocycles. The van der Waals surface area contributed by atoms with Gasteiger partial charge < -0.3 is 0 Å². The lowest BCUT2D eigenvalue weighted by atomic mass is 10.1. The van der Waals surface area contributed by atoms with Gasteiger partial charge in [0.15, 0.2) is 11.0 Å². The average Bonchev–Trinajstić information content (AvgIpc) is 3.33. The van der Waals surface area contributed by atoms with Gasteiger partial charge in [0.1, 0.15) is 16.5 Å². The van der Waals surface area contributed by atoms with Crippen LogP contribution in [0.5, 0.6) is 0 Å². The third-order valence-corrected chi connectivity index (χ3v) is 5.90. The van der Waals surface area contributed by atoms with E-state index < -0.39 is 27.5 Å². The topological polar surface area (TPSA) is 96.5 Å². The molecule has 7 nitrogen and oxygen atoms in total. The highest BCUT2D eigenvalue weighted by molar-refractivity contribution is 7.86. The SMILES string of the molecule is O=S(Nc1cncc(-c2ccc3ncc(-c4cn[nH]c4)nc3c2)c1)c1c(F)cccc1F. The summed E-state index contributed by atoms with van der Waals surface area (Å²) >= 11 is 0. The second-order valence-electron chi connectivity index (χ2n) is 6.83. The van der Waals surface area contributed by atoms with Gasteiger partial charge >= 0.3 is 0 Å². The molecule has 3 heterocycles. The molecule has 10 heteroatoms. The van der Waals surface area contributed by atoms with E-state index in [0.29, 0.717) is 22.5 Å². The Morgan fingerprint density at radius 3 is 2.50 bits per heavy atom. The molecule has 2 aromatic carbocycles. The fraction of sp³-hybridized carbons (Fsp3) is 0. The van der Waals surface area contributed by atoms with Crippen LogP contribution in [0.3, 0.4) is 0 Å². The first kappa shape index (κ1) is 19.9. The van der Waals surface area contributed by atoms with Crippen molar-refractivity contribution in [3.63, 3.8) is 0 Å². The van der Waals surface area contributed by atoms with Crippen LogP contribution in [0.2, 0.25) is 0 Å². The van der Waals surface area contributed by atoms with Gasteiger partial charge in [0.25, 0.3) is 0 Å². The van der Waals surface area contributed by atoms with Crippen LogP contribution in [0.1, 0.15) is 0 Å². The van der Waals surface area contributed by atoms with Gasteiger partial charge in [0.05, 0.1) is 41.0 Å². The summed E-state index contributed by atoms with van der Waals surface area (Å²) in [7, 11) is -2.14. The summed E-state index contributed by atoms with van der Waals surface area (Å²) in [5.41, 5.74) is 4.76. The summed E-state index contributed by atoms with van der Waals surface area (Å²) in [6.07, 6.45) is 8.13. The summed E-state index contributed by atoms with van der Waals surface area (Å²) in [6, 6.07) is 10.6. The lowest BCUT2D eigenvalue weighted by Crippen LogP contribution is -2.09. The number of aromatic nitrogens is 5. The highest BCUT2D eigenvalue weighted by atomic mass is 32.2. The number of benzene rings is 2. The molecule has 0 saturated heterocycles. The van der Waals surface area contributed by atoms with Crippen LogP contribution < -0.4 is 4.72 Å². The monoisotopic (exact) mass is 448 g/mol. The molecule has 0 saturated carbocycles. The number of nitrogens with one attached hydrogen (secondary N) is 2. The van der Waals surface area contributed by atoms with Gasteiger partial charge in [-0.2, -0.15) is 5.10 Å². The fourth-order valence-electron chi connectivity index (χ4n) is 3.19. The van der Waals surface area contributed by atoms with Crippen LogP contribution in [-0.4, -0.2) is 29.4 Å². The van der Waals surface area contributed by atoms with Gasteiger partial charge in [-0.1, -0.05) is 12.1 Å². The van der Waals surface area contributed by atoms with Crippen molar-refractivity contribution in [1.29, 1.82) is 0 Å². The molecule has 0 fully saturated rings. The van der Waals surface area contributed by atoms with Gasteiger partial charge in [0.2, 0.25) is 0 Å². The summed E-state index contributed by atoms with van der Waals surface area (Å²) < 4.78 is 42.9. The molecule has 0 amide bonds. The Bertz CT molecular complexity index is 1440. The van der Waals surface area contributed by atoms with E-state index in [0.717, 1.165) is 28.8 Å². The van der Waals surface area contributed by atoms with Crippen LogP contribution in [0.25, 0.3) is 33.4 Å². The highest BCUT2D eigenvalue weighted by Crippen LogP contribution is 2.27. The van der Waals surface area contributed by atoms with Gasteiger partial charge in [-0.15, -0.1) is 0 Å². The highest BCUT2D eigenvalue weighted by Gasteiger charge is 2.16. The van der Waals surface area contributed by atoms with E-state index >= 15 is 0 Å². The first-order valence-corrected chi connectivity index (χ1v) is 10.6. The minimum atomic E-state index is -2.14. The minimum absolute atomic E-state index is 0.349. The summed E-state index contributed by atoms with van der Waals surface area (Å²) in [6.45, 7) is 0. The third-order valence-electron chi connectivity index (χ3n) is 4.72. The van der Waals surface area contributed by atoms with Crippen molar-refractivity contribution < 1.29 is 13.0 Å². The number of halogens is 2. The van der Waals surface area contributed by atoms with Gasteiger partial charge in [-0.3, -0.25) is 19.8 Å². The van der Waals surface area contributed by atoms with E-state index in [4.69, 9.17) is 0 Å². The standard InChI is InChI=1S/C22H14F2N6OS/c23-17-2-1-3-18(24)22(17)32(31)30-16-6-14(8-25-11-16)13-4-5-19-20(7-13)29-21(12-26-19)15-9-27-28-10-15/h1-12,30H,(H,27,28). The van der Waals surface area contributed by atoms with Crippen molar-refractivity contribution in [2.45, 2.75) is 4.90 Å². The number of rotatable bonds is 5. The van der Waals surface area contributed by atoms with Crippen molar-refractivity contribution in [3.8, 4) is 22.4 Å². The Labute approximate surface area is 183 Å². The Morgan fingerprint density at radius 1 is 0.875 bits per heavy atom. The molecule has 3 aromatic heterocycles. The van der Waals surface area contributed by atoms with Gasteiger partial charge in [0, 0.05) is 23.5 Å². The number of nitrogens with zero attached hydrogens (tertiary/aromatic N) is 4. The second kappa shape index (κ2) is 8.23. The van der Waals surface area contributed by atoms with E-state index in [2.05, 4.69) is 29.9 Å². The van der Waals surface area contributed by atoms with E-state index in [-0.39, 0.29) is 0 Å². The Kier molecular flexibility index (Phi) is 5.12. The zero-order valence-electron chi connectivity index (χ0n) is 16.3. The Balaban J connectivity index is 1.46. The fourth-order valence-corrected chi connectivity index (χ4v) is 4.11. The Morgan fingerprint density at radius 2 is 1.72 bits per heavy atom. The van der Waals surface area contributed by atoms with Crippen molar-refractivity contribution in [2.24, 2.45) is 0 Å². The van der Waals surface area contributed by atoms with Crippen LogP contribution in [-0.2, 0) is 11.0 Å². The van der Waals surface area contributed by atoms with Gasteiger partial charge in [-0.25, -0.2) is 18.0 Å². The maximum Gasteiger partial charge on any atom is 0.156 e. The van der Waals surface area contributed by atoms with Gasteiger partial charge in [-0.05, 0) is 35.9 Å². The van der Waals surface area contributed by atoms with Crippen molar-refractivity contribution in [2.75, 3.05) is 4.72 Å². The molecule has 32 heavy (non-hydrogen) atoms. The van der Waals surface area contributed by atoms with Crippen molar-refractivity contribution >= 4 is 27.7 Å². The maximum atomic E-state index is 13.9. The second-order valence-corrected chi connectivity index (χ2v) is 7.98. The molecule has 1 unspecified atom stereocenters. The van der Waals surface area contributed by atoms with Crippen LogP contribution in [0.4, 0.5) is 14.5 Å². The molecule has 0 spiro atoms.